The summed E-state index contributed by atoms with van der Waals surface area (Å²) >= 11 is 0. The Hall–Kier alpha value is -3.62. The summed E-state index contributed by atoms with van der Waals surface area (Å²) in [5, 5.41) is 17.0. The normalized spacial score (nSPS) is 13.1. The Morgan fingerprint density at radius 1 is 1.33 bits per heavy atom. The first-order valence-corrected chi connectivity index (χ1v) is 7.07. The van der Waals surface area contributed by atoms with Gasteiger partial charge in [-0.3, -0.25) is 4.79 Å². The molecule has 0 aliphatic carbocycles. The molecule has 4 rings (SSSR count). The number of amides is 1. The largest absolute Gasteiger partial charge is 0.482 e. The lowest BCUT2D eigenvalue weighted by Crippen LogP contribution is -2.25. The van der Waals surface area contributed by atoms with E-state index in [4.69, 9.17) is 4.74 Å². The number of imidazole rings is 1. The average molecular weight is 325 g/mol. The van der Waals surface area contributed by atoms with Gasteiger partial charge < -0.3 is 25.5 Å². The average Bonchev–Trinajstić information content (AvgIpc) is 2.92. The Kier molecular flexibility index (Phi) is 3.05. The van der Waals surface area contributed by atoms with Crippen LogP contribution in [-0.4, -0.2) is 26.8 Å². The molecule has 0 saturated carbocycles. The molecule has 3 aromatic rings. The number of hydrogen-bond donors (Lipinski definition) is 2. The van der Waals surface area contributed by atoms with E-state index in [0.29, 0.717) is 22.8 Å². The van der Waals surface area contributed by atoms with Crippen LogP contribution in [0.1, 0.15) is 0 Å². The van der Waals surface area contributed by atoms with Gasteiger partial charge in [-0.05, 0) is 29.2 Å². The lowest BCUT2D eigenvalue weighted by atomic mass is 10.2. The van der Waals surface area contributed by atoms with E-state index >= 15 is 0 Å². The van der Waals surface area contributed by atoms with Gasteiger partial charge in [0, 0.05) is 11.8 Å². The molecular weight excluding hydrogens is 314 g/mol. The van der Waals surface area contributed by atoms with Crippen LogP contribution < -0.4 is 15.4 Å². The van der Waals surface area contributed by atoms with Crippen LogP contribution >= 0.6 is 0 Å². The van der Waals surface area contributed by atoms with Gasteiger partial charge in [0.15, 0.2) is 6.61 Å². The third kappa shape index (κ3) is 2.28. The number of benzene rings is 1. The SMILES string of the molecule is O=C1COc2ccc(Nc3nc4ccccn4c3[N+](=O)[O-])cc2N1. The summed E-state index contributed by atoms with van der Waals surface area (Å²) in [7, 11) is 0. The molecule has 1 aromatic carbocycles. The Bertz CT molecular complexity index is 981. The number of pyridine rings is 1. The minimum absolute atomic E-state index is 0.0301. The highest BCUT2D eigenvalue weighted by Crippen LogP contribution is 2.33. The summed E-state index contributed by atoms with van der Waals surface area (Å²) in [6, 6.07) is 10.1. The van der Waals surface area contributed by atoms with Crippen LogP contribution in [0.2, 0.25) is 0 Å². The number of nitrogens with one attached hydrogen (secondary N) is 2. The van der Waals surface area contributed by atoms with E-state index < -0.39 is 4.92 Å². The summed E-state index contributed by atoms with van der Waals surface area (Å²) in [6.45, 7) is -0.0301. The zero-order chi connectivity index (χ0) is 16.7. The fourth-order valence-electron chi connectivity index (χ4n) is 2.54. The number of nitrogens with zero attached hydrogens (tertiary/aromatic N) is 3. The van der Waals surface area contributed by atoms with Gasteiger partial charge in [0.1, 0.15) is 5.75 Å². The van der Waals surface area contributed by atoms with Crippen LogP contribution in [0.4, 0.5) is 23.0 Å². The highest BCUT2D eigenvalue weighted by Gasteiger charge is 2.23. The fourth-order valence-corrected chi connectivity index (χ4v) is 2.54. The van der Waals surface area contributed by atoms with Crippen molar-refractivity contribution in [3.63, 3.8) is 0 Å². The first-order valence-electron chi connectivity index (χ1n) is 7.07. The highest BCUT2D eigenvalue weighted by atomic mass is 16.6. The van der Waals surface area contributed by atoms with Crippen molar-refractivity contribution in [2.24, 2.45) is 0 Å². The molecule has 9 nitrogen and oxygen atoms in total. The standard InChI is InChI=1S/C15H11N5O4/c21-13-8-24-11-5-4-9(7-10(11)17-13)16-14-15(20(22)23)19-6-2-1-3-12(19)18-14/h1-7,16H,8H2,(H,17,21). The predicted molar refractivity (Wildman–Crippen MR) is 85.7 cm³/mol. The lowest BCUT2D eigenvalue weighted by Gasteiger charge is -2.18. The molecule has 0 bridgehead atoms. The van der Waals surface area contributed by atoms with Gasteiger partial charge in [-0.2, -0.15) is 9.38 Å². The Balaban J connectivity index is 1.74. The Morgan fingerprint density at radius 3 is 3.04 bits per heavy atom. The molecule has 1 aliphatic heterocycles. The summed E-state index contributed by atoms with van der Waals surface area (Å²) in [5.74, 6) is 0.251. The van der Waals surface area contributed by atoms with Gasteiger partial charge in [0.2, 0.25) is 11.5 Å². The number of fused-ring (bicyclic) bond motifs is 2. The van der Waals surface area contributed by atoms with Crippen molar-refractivity contribution < 1.29 is 14.5 Å². The first kappa shape index (κ1) is 14.0. The number of carbonyl (C=O) groups is 1. The minimum atomic E-state index is -0.494. The monoisotopic (exact) mass is 325 g/mol. The van der Waals surface area contributed by atoms with Crippen LogP contribution in [0.3, 0.4) is 0 Å². The van der Waals surface area contributed by atoms with E-state index in [9.17, 15) is 14.9 Å². The van der Waals surface area contributed by atoms with Crippen molar-refractivity contribution in [2.45, 2.75) is 0 Å². The number of aromatic nitrogens is 2. The Labute approximate surface area is 135 Å². The van der Waals surface area contributed by atoms with E-state index in [0.717, 1.165) is 0 Å². The zero-order valence-electron chi connectivity index (χ0n) is 12.2. The molecule has 0 radical (unpaired) electrons. The van der Waals surface area contributed by atoms with E-state index in [-0.39, 0.29) is 24.1 Å². The van der Waals surface area contributed by atoms with Crippen LogP contribution in [0.5, 0.6) is 5.75 Å². The quantitative estimate of drug-likeness (QED) is 0.565. The number of ether oxygens (including phenoxy) is 1. The maximum atomic E-state index is 11.4. The molecule has 2 aromatic heterocycles. The van der Waals surface area contributed by atoms with E-state index in [1.807, 2.05) is 0 Å². The molecule has 0 saturated heterocycles. The summed E-state index contributed by atoms with van der Waals surface area (Å²) in [5.41, 5.74) is 1.51. The summed E-state index contributed by atoms with van der Waals surface area (Å²) < 4.78 is 6.68. The maximum Gasteiger partial charge on any atom is 0.372 e. The third-order valence-electron chi connectivity index (χ3n) is 3.55. The smallest absolute Gasteiger partial charge is 0.372 e. The number of carbonyl (C=O) groups excluding carboxylic acids is 1. The van der Waals surface area contributed by atoms with Gasteiger partial charge in [0.25, 0.3) is 5.91 Å². The number of hydrogen-bond acceptors (Lipinski definition) is 6. The van der Waals surface area contributed by atoms with Crippen LogP contribution in [-0.2, 0) is 4.79 Å². The van der Waals surface area contributed by atoms with Gasteiger partial charge >= 0.3 is 5.82 Å². The van der Waals surface area contributed by atoms with Crippen molar-refractivity contribution in [3.05, 3.63) is 52.7 Å². The van der Waals surface area contributed by atoms with E-state index in [1.54, 1.807) is 42.6 Å². The topological polar surface area (TPSA) is 111 Å². The molecular formula is C15H11N5O4. The number of anilines is 3. The van der Waals surface area contributed by atoms with Crippen LogP contribution in [0.25, 0.3) is 5.65 Å². The van der Waals surface area contributed by atoms with Crippen molar-refractivity contribution in [3.8, 4) is 5.75 Å². The van der Waals surface area contributed by atoms with Crippen molar-refractivity contribution in [2.75, 3.05) is 17.2 Å². The van der Waals surface area contributed by atoms with Gasteiger partial charge in [0.05, 0.1) is 11.9 Å². The molecule has 1 amide bonds. The number of rotatable bonds is 3. The second-order valence-electron chi connectivity index (χ2n) is 5.14. The van der Waals surface area contributed by atoms with E-state index in [2.05, 4.69) is 15.6 Å². The van der Waals surface area contributed by atoms with Crippen molar-refractivity contribution >= 4 is 34.6 Å². The van der Waals surface area contributed by atoms with Crippen molar-refractivity contribution in [1.29, 1.82) is 0 Å². The maximum absolute atomic E-state index is 11.4. The molecule has 24 heavy (non-hydrogen) atoms. The number of nitro groups is 1. The van der Waals surface area contributed by atoms with Crippen LogP contribution in [0.15, 0.2) is 42.6 Å². The predicted octanol–water partition coefficient (Wildman–Crippen LogP) is 2.32. The molecule has 0 atom stereocenters. The molecule has 0 fully saturated rings. The highest BCUT2D eigenvalue weighted by molar-refractivity contribution is 5.96. The fraction of sp³-hybridized carbons (Fsp3) is 0.0667. The van der Waals surface area contributed by atoms with Crippen molar-refractivity contribution in [1.82, 2.24) is 9.38 Å². The van der Waals surface area contributed by atoms with Gasteiger partial charge in [-0.1, -0.05) is 6.07 Å². The molecule has 9 heteroatoms. The molecule has 1 aliphatic rings. The summed E-state index contributed by atoms with van der Waals surface area (Å²) in [4.78, 5) is 26.5. The minimum Gasteiger partial charge on any atom is -0.482 e. The van der Waals surface area contributed by atoms with E-state index in [1.165, 1.54) is 4.40 Å². The molecule has 2 N–H and O–H groups in total. The lowest BCUT2D eigenvalue weighted by molar-refractivity contribution is -0.389. The molecule has 120 valence electrons. The zero-order valence-corrected chi connectivity index (χ0v) is 12.2. The molecule has 0 spiro atoms. The van der Waals surface area contributed by atoms with Crippen LogP contribution in [0, 0.1) is 10.1 Å². The first-order chi connectivity index (χ1) is 11.6. The van der Waals surface area contributed by atoms with Gasteiger partial charge in [-0.25, -0.2) is 0 Å². The van der Waals surface area contributed by atoms with Gasteiger partial charge in [-0.15, -0.1) is 0 Å². The molecule has 3 heterocycles. The molecule has 0 unspecified atom stereocenters. The second-order valence-corrected chi connectivity index (χ2v) is 5.14. The second kappa shape index (κ2) is 5.23. The Morgan fingerprint density at radius 2 is 2.21 bits per heavy atom. The summed E-state index contributed by atoms with van der Waals surface area (Å²) in [6.07, 6.45) is 1.58. The third-order valence-corrected chi connectivity index (χ3v) is 3.55.